The number of carbonyl (C=O) groups excluding carboxylic acids is 2. The lowest BCUT2D eigenvalue weighted by Crippen LogP contribution is -2.39. The number of aliphatic hydroxyl groups excluding tert-OH is 1. The molecule has 0 aliphatic carbocycles. The number of aryl methyl sites for hydroxylation is 2. The van der Waals surface area contributed by atoms with Crippen molar-refractivity contribution in [1.82, 2.24) is 5.32 Å². The third kappa shape index (κ3) is 5.40. The van der Waals surface area contributed by atoms with Gasteiger partial charge in [-0.1, -0.05) is 19.4 Å². The van der Waals surface area contributed by atoms with Gasteiger partial charge in [0.25, 0.3) is 0 Å². The van der Waals surface area contributed by atoms with Crippen LogP contribution in [0.3, 0.4) is 0 Å². The molecule has 1 aromatic rings. The molecule has 2 amide bonds. The molecule has 0 heterocycles. The quantitative estimate of drug-likeness (QED) is 0.715. The summed E-state index contributed by atoms with van der Waals surface area (Å²) in [4.78, 5) is 23.3. The van der Waals surface area contributed by atoms with Crippen LogP contribution in [0.2, 0.25) is 0 Å². The Labute approximate surface area is 119 Å². The molecule has 0 bridgehead atoms. The van der Waals surface area contributed by atoms with Crippen LogP contribution in [-0.4, -0.2) is 29.6 Å². The van der Waals surface area contributed by atoms with Crippen molar-refractivity contribution in [2.45, 2.75) is 39.7 Å². The first-order valence-electron chi connectivity index (χ1n) is 6.78. The number of anilines is 1. The summed E-state index contributed by atoms with van der Waals surface area (Å²) in [7, 11) is 0. The first-order chi connectivity index (χ1) is 9.42. The van der Waals surface area contributed by atoms with E-state index in [-0.39, 0.29) is 6.54 Å². The summed E-state index contributed by atoms with van der Waals surface area (Å²) in [5, 5.41) is 14.5. The van der Waals surface area contributed by atoms with Crippen molar-refractivity contribution in [3.05, 3.63) is 29.3 Å². The Hall–Kier alpha value is -1.88. The molecule has 1 rings (SSSR count). The predicted molar refractivity (Wildman–Crippen MR) is 78.5 cm³/mol. The van der Waals surface area contributed by atoms with Crippen molar-refractivity contribution in [3.63, 3.8) is 0 Å². The third-order valence-electron chi connectivity index (χ3n) is 2.81. The van der Waals surface area contributed by atoms with Gasteiger partial charge in [-0.25, -0.2) is 0 Å². The first kappa shape index (κ1) is 16.2. The van der Waals surface area contributed by atoms with Gasteiger partial charge < -0.3 is 15.7 Å². The average molecular weight is 278 g/mol. The molecule has 1 aromatic carbocycles. The largest absolute Gasteiger partial charge is 0.391 e. The zero-order chi connectivity index (χ0) is 15.1. The van der Waals surface area contributed by atoms with E-state index in [0.29, 0.717) is 12.1 Å². The highest BCUT2D eigenvalue weighted by Gasteiger charge is 2.15. The summed E-state index contributed by atoms with van der Waals surface area (Å²) in [5.74, 6) is -1.46. The zero-order valence-corrected chi connectivity index (χ0v) is 12.2. The monoisotopic (exact) mass is 278 g/mol. The molecule has 0 radical (unpaired) electrons. The maximum Gasteiger partial charge on any atom is 0.313 e. The Morgan fingerprint density at radius 3 is 2.30 bits per heavy atom. The molecule has 1 unspecified atom stereocenters. The molecule has 3 N–H and O–H groups in total. The standard InChI is InChI=1S/C15H22N2O3/c1-4-5-13(18)9-16-14(19)15(20)17-12-7-10(2)6-11(3)8-12/h6-8,13,18H,4-5,9H2,1-3H3,(H,16,19)(H,17,20). The van der Waals surface area contributed by atoms with Gasteiger partial charge in [0.1, 0.15) is 0 Å². The summed E-state index contributed by atoms with van der Waals surface area (Å²) in [6.07, 6.45) is 0.808. The lowest BCUT2D eigenvalue weighted by molar-refractivity contribution is -0.136. The van der Waals surface area contributed by atoms with E-state index in [2.05, 4.69) is 10.6 Å². The molecular formula is C15H22N2O3. The van der Waals surface area contributed by atoms with Gasteiger partial charge in [-0.05, 0) is 43.5 Å². The Bertz CT molecular complexity index is 466. The highest BCUT2D eigenvalue weighted by Crippen LogP contribution is 2.13. The van der Waals surface area contributed by atoms with E-state index in [9.17, 15) is 14.7 Å². The van der Waals surface area contributed by atoms with Gasteiger partial charge in [0.15, 0.2) is 0 Å². The van der Waals surface area contributed by atoms with E-state index < -0.39 is 17.9 Å². The summed E-state index contributed by atoms with van der Waals surface area (Å²) >= 11 is 0. The number of nitrogens with one attached hydrogen (secondary N) is 2. The fourth-order valence-corrected chi connectivity index (χ4v) is 1.96. The number of hydrogen-bond donors (Lipinski definition) is 3. The van der Waals surface area contributed by atoms with Crippen molar-refractivity contribution >= 4 is 17.5 Å². The predicted octanol–water partition coefficient (Wildman–Crippen LogP) is 1.52. The molecule has 0 aliphatic rings. The van der Waals surface area contributed by atoms with Gasteiger partial charge in [0.05, 0.1) is 6.10 Å². The van der Waals surface area contributed by atoms with Crippen LogP contribution < -0.4 is 10.6 Å². The third-order valence-corrected chi connectivity index (χ3v) is 2.81. The van der Waals surface area contributed by atoms with Gasteiger partial charge in [0.2, 0.25) is 0 Å². The molecule has 0 spiro atoms. The number of benzene rings is 1. The molecule has 20 heavy (non-hydrogen) atoms. The maximum absolute atomic E-state index is 11.7. The van der Waals surface area contributed by atoms with Crippen molar-refractivity contribution in [2.24, 2.45) is 0 Å². The second-order valence-corrected chi connectivity index (χ2v) is 4.98. The van der Waals surface area contributed by atoms with Gasteiger partial charge in [-0.3, -0.25) is 9.59 Å². The minimum atomic E-state index is -0.737. The molecule has 0 saturated heterocycles. The Morgan fingerprint density at radius 2 is 1.75 bits per heavy atom. The molecule has 0 saturated carbocycles. The summed E-state index contributed by atoms with van der Waals surface area (Å²) < 4.78 is 0. The zero-order valence-electron chi connectivity index (χ0n) is 12.2. The second-order valence-electron chi connectivity index (χ2n) is 4.98. The van der Waals surface area contributed by atoms with Gasteiger partial charge in [-0.2, -0.15) is 0 Å². The molecule has 1 atom stereocenters. The van der Waals surface area contributed by atoms with E-state index in [1.807, 2.05) is 26.8 Å². The van der Waals surface area contributed by atoms with Crippen molar-refractivity contribution < 1.29 is 14.7 Å². The van der Waals surface area contributed by atoms with Crippen LogP contribution in [0.5, 0.6) is 0 Å². The van der Waals surface area contributed by atoms with Crippen LogP contribution >= 0.6 is 0 Å². The Kier molecular flexibility index (Phi) is 6.18. The van der Waals surface area contributed by atoms with Crippen molar-refractivity contribution in [1.29, 1.82) is 0 Å². The minimum Gasteiger partial charge on any atom is -0.391 e. The normalized spacial score (nSPS) is 11.8. The van der Waals surface area contributed by atoms with Gasteiger partial charge in [0, 0.05) is 12.2 Å². The van der Waals surface area contributed by atoms with E-state index in [1.165, 1.54) is 0 Å². The number of rotatable bonds is 5. The van der Waals surface area contributed by atoms with E-state index in [4.69, 9.17) is 0 Å². The Morgan fingerprint density at radius 1 is 1.15 bits per heavy atom. The van der Waals surface area contributed by atoms with Crippen LogP contribution in [0, 0.1) is 13.8 Å². The molecule has 0 aliphatic heterocycles. The molecular weight excluding hydrogens is 256 g/mol. The van der Waals surface area contributed by atoms with E-state index in [0.717, 1.165) is 17.5 Å². The average Bonchev–Trinajstić information content (AvgIpc) is 2.34. The first-order valence-corrected chi connectivity index (χ1v) is 6.78. The lowest BCUT2D eigenvalue weighted by atomic mass is 10.1. The van der Waals surface area contributed by atoms with Crippen LogP contribution in [0.25, 0.3) is 0 Å². The molecule has 0 aromatic heterocycles. The van der Waals surface area contributed by atoms with Gasteiger partial charge in [-0.15, -0.1) is 0 Å². The lowest BCUT2D eigenvalue weighted by Gasteiger charge is -2.11. The maximum atomic E-state index is 11.7. The number of hydrogen-bond acceptors (Lipinski definition) is 3. The van der Waals surface area contributed by atoms with Crippen molar-refractivity contribution in [3.8, 4) is 0 Å². The smallest absolute Gasteiger partial charge is 0.313 e. The highest BCUT2D eigenvalue weighted by atomic mass is 16.3. The molecule has 0 fully saturated rings. The van der Waals surface area contributed by atoms with Gasteiger partial charge >= 0.3 is 11.8 Å². The van der Waals surface area contributed by atoms with E-state index >= 15 is 0 Å². The molecule has 5 heteroatoms. The van der Waals surface area contributed by atoms with Crippen molar-refractivity contribution in [2.75, 3.05) is 11.9 Å². The van der Waals surface area contributed by atoms with Crippen LogP contribution in [-0.2, 0) is 9.59 Å². The topological polar surface area (TPSA) is 78.4 Å². The summed E-state index contributed by atoms with van der Waals surface area (Å²) in [5.41, 5.74) is 2.62. The van der Waals surface area contributed by atoms with Crippen LogP contribution in [0.4, 0.5) is 5.69 Å². The second kappa shape index (κ2) is 7.65. The van der Waals surface area contributed by atoms with Crippen LogP contribution in [0.15, 0.2) is 18.2 Å². The molecule has 110 valence electrons. The number of aliphatic hydroxyl groups is 1. The fraction of sp³-hybridized carbons (Fsp3) is 0.467. The SMILES string of the molecule is CCCC(O)CNC(=O)C(=O)Nc1cc(C)cc(C)c1. The Balaban J connectivity index is 2.51. The number of amides is 2. The fourth-order valence-electron chi connectivity index (χ4n) is 1.96. The number of carbonyl (C=O) groups is 2. The molecule has 5 nitrogen and oxygen atoms in total. The van der Waals surface area contributed by atoms with E-state index in [1.54, 1.807) is 12.1 Å². The van der Waals surface area contributed by atoms with Crippen LogP contribution in [0.1, 0.15) is 30.9 Å². The summed E-state index contributed by atoms with van der Waals surface area (Å²) in [6, 6.07) is 5.57. The summed E-state index contributed by atoms with van der Waals surface area (Å²) in [6.45, 7) is 5.87. The minimum absolute atomic E-state index is 0.0902. The highest BCUT2D eigenvalue weighted by molar-refractivity contribution is 6.39.